The first-order valence-electron chi connectivity index (χ1n) is 7.37. The van der Waals surface area contributed by atoms with Crippen molar-refractivity contribution in [2.75, 3.05) is 18.4 Å². The quantitative estimate of drug-likeness (QED) is 0.870. The summed E-state index contributed by atoms with van der Waals surface area (Å²) in [6.07, 6.45) is 2.53. The second kappa shape index (κ2) is 6.89. The summed E-state index contributed by atoms with van der Waals surface area (Å²) in [6.45, 7) is 5.03. The minimum Gasteiger partial charge on any atom is -0.321 e. The predicted octanol–water partition coefficient (Wildman–Crippen LogP) is 4.06. The van der Waals surface area contributed by atoms with Gasteiger partial charge in [0.2, 0.25) is 0 Å². The van der Waals surface area contributed by atoms with E-state index in [2.05, 4.69) is 31.1 Å². The van der Waals surface area contributed by atoms with E-state index in [1.807, 2.05) is 31.2 Å². The zero-order valence-corrected chi connectivity index (χ0v) is 14.8. The molecule has 4 nitrogen and oxygen atoms in total. The molecule has 0 atom stereocenters. The number of hydrogen-bond acceptors (Lipinski definition) is 4. The molecule has 0 aliphatic carbocycles. The molecule has 1 saturated heterocycles. The van der Waals surface area contributed by atoms with Crippen LogP contribution in [-0.2, 0) is 6.54 Å². The van der Waals surface area contributed by atoms with Crippen LogP contribution in [0.4, 0.5) is 5.69 Å². The smallest absolute Gasteiger partial charge is 0.267 e. The van der Waals surface area contributed by atoms with Gasteiger partial charge in [-0.2, -0.15) is 0 Å². The molecule has 0 spiro atoms. The van der Waals surface area contributed by atoms with E-state index in [0.717, 1.165) is 40.5 Å². The van der Waals surface area contributed by atoms with Gasteiger partial charge in [0.05, 0.1) is 12.2 Å². The molecule has 2 aromatic rings. The highest BCUT2D eigenvalue weighted by molar-refractivity contribution is 9.10. The Kier molecular flexibility index (Phi) is 4.90. The molecule has 2 heterocycles. The number of carbonyl (C=O) groups is 1. The molecule has 3 rings (SSSR count). The Balaban J connectivity index is 1.70. The van der Waals surface area contributed by atoms with E-state index in [0.29, 0.717) is 4.88 Å². The van der Waals surface area contributed by atoms with E-state index in [4.69, 9.17) is 0 Å². The largest absolute Gasteiger partial charge is 0.321 e. The first-order chi connectivity index (χ1) is 10.6. The normalized spacial score (nSPS) is 15.2. The van der Waals surface area contributed by atoms with Crippen molar-refractivity contribution in [1.82, 2.24) is 9.88 Å². The summed E-state index contributed by atoms with van der Waals surface area (Å²) in [5.41, 5.74) is 1.60. The Labute approximate surface area is 142 Å². The molecule has 6 heteroatoms. The lowest BCUT2D eigenvalue weighted by Gasteiger charge is -2.11. The van der Waals surface area contributed by atoms with E-state index < -0.39 is 0 Å². The molecule has 1 amide bonds. The zero-order valence-electron chi connectivity index (χ0n) is 12.4. The van der Waals surface area contributed by atoms with E-state index >= 15 is 0 Å². The lowest BCUT2D eigenvalue weighted by molar-refractivity contribution is 0.103. The third-order valence-corrected chi connectivity index (χ3v) is 5.32. The Bertz CT molecular complexity index is 680. The van der Waals surface area contributed by atoms with Crippen LogP contribution in [0.3, 0.4) is 0 Å². The van der Waals surface area contributed by atoms with Gasteiger partial charge in [-0.3, -0.25) is 9.69 Å². The number of likely N-dealkylation sites (tertiary alicyclic amines) is 1. The van der Waals surface area contributed by atoms with Crippen molar-refractivity contribution in [3.63, 3.8) is 0 Å². The fraction of sp³-hybridized carbons (Fsp3) is 0.375. The monoisotopic (exact) mass is 379 g/mol. The number of aromatic nitrogens is 1. The van der Waals surface area contributed by atoms with Gasteiger partial charge in [-0.1, -0.05) is 22.0 Å². The lowest BCUT2D eigenvalue weighted by atomic mass is 10.3. The third-order valence-electron chi connectivity index (χ3n) is 3.69. The lowest BCUT2D eigenvalue weighted by Crippen LogP contribution is -2.18. The standard InChI is InChI=1S/C16H18BrN3OS/c1-11-15(16(21)19-13-6-4-5-12(17)9-13)22-14(18-11)10-20-7-2-3-8-20/h4-6,9H,2-3,7-8,10H2,1H3,(H,19,21). The highest BCUT2D eigenvalue weighted by Crippen LogP contribution is 2.23. The summed E-state index contributed by atoms with van der Waals surface area (Å²) in [7, 11) is 0. The van der Waals surface area contributed by atoms with Crippen molar-refractivity contribution in [3.05, 3.63) is 44.3 Å². The van der Waals surface area contributed by atoms with Crippen molar-refractivity contribution in [2.24, 2.45) is 0 Å². The van der Waals surface area contributed by atoms with Crippen LogP contribution in [0.15, 0.2) is 28.7 Å². The van der Waals surface area contributed by atoms with Gasteiger partial charge < -0.3 is 5.32 Å². The molecule has 1 aromatic heterocycles. The number of rotatable bonds is 4. The van der Waals surface area contributed by atoms with Gasteiger partial charge in [0.15, 0.2) is 0 Å². The van der Waals surface area contributed by atoms with Crippen LogP contribution in [0.1, 0.15) is 33.2 Å². The highest BCUT2D eigenvalue weighted by Gasteiger charge is 2.18. The minimum absolute atomic E-state index is 0.0826. The summed E-state index contributed by atoms with van der Waals surface area (Å²) in [4.78, 5) is 20.1. The summed E-state index contributed by atoms with van der Waals surface area (Å²) in [6, 6.07) is 7.60. The van der Waals surface area contributed by atoms with Gasteiger partial charge >= 0.3 is 0 Å². The number of halogens is 1. The summed E-state index contributed by atoms with van der Waals surface area (Å²) < 4.78 is 0.945. The summed E-state index contributed by atoms with van der Waals surface area (Å²) in [5, 5.41) is 3.96. The van der Waals surface area contributed by atoms with Gasteiger partial charge in [-0.15, -0.1) is 11.3 Å². The van der Waals surface area contributed by atoms with Gasteiger partial charge in [-0.05, 0) is 51.1 Å². The Morgan fingerprint density at radius 3 is 2.91 bits per heavy atom. The molecule has 1 aromatic carbocycles. The van der Waals surface area contributed by atoms with Crippen LogP contribution >= 0.6 is 27.3 Å². The summed E-state index contributed by atoms with van der Waals surface area (Å²) in [5.74, 6) is -0.0826. The Hall–Kier alpha value is -1.24. The number of aryl methyl sites for hydroxylation is 1. The topological polar surface area (TPSA) is 45.2 Å². The zero-order chi connectivity index (χ0) is 15.5. The fourth-order valence-electron chi connectivity index (χ4n) is 2.62. The molecule has 0 radical (unpaired) electrons. The number of nitrogens with one attached hydrogen (secondary N) is 1. The number of anilines is 1. The predicted molar refractivity (Wildman–Crippen MR) is 93.5 cm³/mol. The molecule has 1 aliphatic heterocycles. The van der Waals surface area contributed by atoms with Crippen LogP contribution in [0, 0.1) is 6.92 Å². The van der Waals surface area contributed by atoms with E-state index in [1.165, 1.54) is 24.2 Å². The first-order valence-corrected chi connectivity index (χ1v) is 8.98. The minimum atomic E-state index is -0.0826. The van der Waals surface area contributed by atoms with Gasteiger partial charge in [-0.25, -0.2) is 4.98 Å². The van der Waals surface area contributed by atoms with Crippen molar-refractivity contribution in [1.29, 1.82) is 0 Å². The SMILES string of the molecule is Cc1nc(CN2CCCC2)sc1C(=O)Nc1cccc(Br)c1. The van der Waals surface area contributed by atoms with E-state index in [1.54, 1.807) is 0 Å². The molecule has 1 aliphatic rings. The maximum Gasteiger partial charge on any atom is 0.267 e. The van der Waals surface area contributed by atoms with Gasteiger partial charge in [0.25, 0.3) is 5.91 Å². The summed E-state index contributed by atoms with van der Waals surface area (Å²) >= 11 is 4.91. The molecule has 1 fully saturated rings. The number of amides is 1. The molecule has 0 unspecified atom stereocenters. The molecule has 1 N–H and O–H groups in total. The van der Waals surface area contributed by atoms with E-state index in [9.17, 15) is 4.79 Å². The van der Waals surface area contributed by atoms with Crippen LogP contribution in [0.25, 0.3) is 0 Å². The fourth-order valence-corrected chi connectivity index (χ4v) is 4.02. The van der Waals surface area contributed by atoms with Crippen molar-refractivity contribution >= 4 is 38.9 Å². The second-order valence-corrected chi connectivity index (χ2v) is 7.47. The van der Waals surface area contributed by atoms with Crippen LogP contribution in [0.5, 0.6) is 0 Å². The number of thiazole rings is 1. The van der Waals surface area contributed by atoms with Crippen LogP contribution in [-0.4, -0.2) is 28.9 Å². The number of nitrogens with zero attached hydrogens (tertiary/aromatic N) is 2. The molecule has 116 valence electrons. The van der Waals surface area contributed by atoms with Crippen LogP contribution in [0.2, 0.25) is 0 Å². The third kappa shape index (κ3) is 3.74. The molecular formula is C16H18BrN3OS. The average molecular weight is 380 g/mol. The Morgan fingerprint density at radius 1 is 1.41 bits per heavy atom. The van der Waals surface area contributed by atoms with E-state index in [-0.39, 0.29) is 5.91 Å². The second-order valence-electron chi connectivity index (χ2n) is 5.47. The van der Waals surface area contributed by atoms with Crippen LogP contribution < -0.4 is 5.32 Å². The number of hydrogen-bond donors (Lipinski definition) is 1. The average Bonchev–Trinajstić information content (AvgIpc) is 3.09. The molecular weight excluding hydrogens is 362 g/mol. The van der Waals surface area contributed by atoms with Crippen molar-refractivity contribution in [2.45, 2.75) is 26.3 Å². The van der Waals surface area contributed by atoms with Gasteiger partial charge in [0.1, 0.15) is 9.88 Å². The maximum atomic E-state index is 12.4. The molecule has 22 heavy (non-hydrogen) atoms. The number of benzene rings is 1. The van der Waals surface area contributed by atoms with Crippen molar-refractivity contribution < 1.29 is 4.79 Å². The molecule has 0 bridgehead atoms. The number of carbonyl (C=O) groups excluding carboxylic acids is 1. The highest BCUT2D eigenvalue weighted by atomic mass is 79.9. The van der Waals surface area contributed by atoms with Gasteiger partial charge in [0, 0.05) is 10.2 Å². The molecule has 0 saturated carbocycles. The first kappa shape index (κ1) is 15.6. The maximum absolute atomic E-state index is 12.4. The Morgan fingerprint density at radius 2 is 2.18 bits per heavy atom. The van der Waals surface area contributed by atoms with Crippen molar-refractivity contribution in [3.8, 4) is 0 Å².